The molecule has 1 atom stereocenters. The van der Waals surface area contributed by atoms with Gasteiger partial charge >= 0.3 is 0 Å². The summed E-state index contributed by atoms with van der Waals surface area (Å²) in [4.78, 5) is 0. The number of phenols is 1. The van der Waals surface area contributed by atoms with Crippen LogP contribution in [-0.2, 0) is 4.74 Å². The zero-order valence-corrected chi connectivity index (χ0v) is 11.0. The van der Waals surface area contributed by atoms with Crippen molar-refractivity contribution in [1.82, 2.24) is 5.32 Å². The number of hydrogen-bond acceptors (Lipinski definition) is 4. The van der Waals surface area contributed by atoms with Crippen LogP contribution in [0.1, 0.15) is 31.4 Å². The van der Waals surface area contributed by atoms with E-state index in [1.165, 1.54) is 6.07 Å². The van der Waals surface area contributed by atoms with Crippen molar-refractivity contribution in [3.63, 3.8) is 0 Å². The van der Waals surface area contributed by atoms with E-state index in [2.05, 4.69) is 5.32 Å². The lowest BCUT2D eigenvalue weighted by atomic mass is 9.94. The molecule has 1 aliphatic heterocycles. The van der Waals surface area contributed by atoms with Gasteiger partial charge in [0, 0.05) is 50.3 Å². The van der Waals surface area contributed by atoms with Crippen LogP contribution in [0.25, 0.3) is 0 Å². The second kappa shape index (κ2) is 5.86. The van der Waals surface area contributed by atoms with Gasteiger partial charge in [0.25, 0.3) is 0 Å². The van der Waals surface area contributed by atoms with E-state index >= 15 is 0 Å². The van der Waals surface area contributed by atoms with Gasteiger partial charge in [-0.1, -0.05) is 6.07 Å². The third kappa shape index (κ3) is 3.65. The van der Waals surface area contributed by atoms with Crippen molar-refractivity contribution in [1.29, 1.82) is 0 Å². The highest BCUT2D eigenvalue weighted by atomic mass is 19.1. The highest BCUT2D eigenvalue weighted by Crippen LogP contribution is 2.26. The SMILES string of the molecule is CC(NCC1(O)CCOCC1)c1ccc(F)cc1O. The van der Waals surface area contributed by atoms with Crippen molar-refractivity contribution in [3.8, 4) is 5.75 Å². The smallest absolute Gasteiger partial charge is 0.126 e. The van der Waals surface area contributed by atoms with Crippen molar-refractivity contribution in [2.75, 3.05) is 19.8 Å². The summed E-state index contributed by atoms with van der Waals surface area (Å²) in [7, 11) is 0. The van der Waals surface area contributed by atoms with E-state index in [0.717, 1.165) is 6.07 Å². The Hall–Kier alpha value is -1.17. The van der Waals surface area contributed by atoms with Gasteiger partial charge in [0.2, 0.25) is 0 Å². The zero-order chi connectivity index (χ0) is 13.9. The van der Waals surface area contributed by atoms with Crippen LogP contribution in [-0.4, -0.2) is 35.6 Å². The van der Waals surface area contributed by atoms with Crippen LogP contribution in [0.3, 0.4) is 0 Å². The van der Waals surface area contributed by atoms with Gasteiger partial charge in [-0.15, -0.1) is 0 Å². The molecule has 1 unspecified atom stereocenters. The molecule has 0 aliphatic carbocycles. The molecule has 19 heavy (non-hydrogen) atoms. The predicted octanol–water partition coefficient (Wildman–Crippen LogP) is 1.72. The third-order valence-electron chi connectivity index (χ3n) is 3.62. The third-order valence-corrected chi connectivity index (χ3v) is 3.62. The summed E-state index contributed by atoms with van der Waals surface area (Å²) in [5.41, 5.74) is -0.139. The van der Waals surface area contributed by atoms with Gasteiger partial charge in [-0.05, 0) is 13.0 Å². The summed E-state index contributed by atoms with van der Waals surface area (Å²) in [6, 6.07) is 3.80. The molecular formula is C14H20FNO3. The first-order chi connectivity index (χ1) is 9.00. The first kappa shape index (κ1) is 14.2. The van der Waals surface area contributed by atoms with Gasteiger partial charge in [0.1, 0.15) is 11.6 Å². The standard InChI is InChI=1S/C14H20FNO3/c1-10(12-3-2-11(15)8-13(12)17)16-9-14(18)4-6-19-7-5-14/h2-3,8,10,16-18H,4-7,9H2,1H3. The van der Waals surface area contributed by atoms with Crippen LogP contribution in [0.5, 0.6) is 5.75 Å². The fraction of sp³-hybridized carbons (Fsp3) is 0.571. The minimum absolute atomic E-state index is 0.0704. The molecule has 1 saturated heterocycles. The average molecular weight is 269 g/mol. The van der Waals surface area contributed by atoms with Crippen LogP contribution in [0, 0.1) is 5.82 Å². The van der Waals surface area contributed by atoms with Gasteiger partial charge in [-0.25, -0.2) is 4.39 Å². The Morgan fingerprint density at radius 3 is 2.74 bits per heavy atom. The number of aliphatic hydroxyl groups is 1. The summed E-state index contributed by atoms with van der Waals surface area (Å²) in [5, 5.41) is 23.2. The summed E-state index contributed by atoms with van der Waals surface area (Å²) in [6.45, 7) is 3.42. The van der Waals surface area contributed by atoms with Gasteiger partial charge in [-0.3, -0.25) is 0 Å². The van der Waals surface area contributed by atoms with Gasteiger partial charge in [0.05, 0.1) is 5.60 Å². The minimum Gasteiger partial charge on any atom is -0.508 e. The van der Waals surface area contributed by atoms with Crippen molar-refractivity contribution in [2.24, 2.45) is 0 Å². The Morgan fingerprint density at radius 1 is 1.42 bits per heavy atom. The number of nitrogens with one attached hydrogen (secondary N) is 1. The van der Waals surface area contributed by atoms with E-state index in [4.69, 9.17) is 4.74 Å². The van der Waals surface area contributed by atoms with Crippen molar-refractivity contribution in [3.05, 3.63) is 29.6 Å². The van der Waals surface area contributed by atoms with Crippen molar-refractivity contribution in [2.45, 2.75) is 31.4 Å². The number of hydrogen-bond donors (Lipinski definition) is 3. The molecule has 0 saturated carbocycles. The lowest BCUT2D eigenvalue weighted by Crippen LogP contribution is -2.45. The number of rotatable bonds is 4. The summed E-state index contributed by atoms with van der Waals surface area (Å²) in [6.07, 6.45) is 1.20. The quantitative estimate of drug-likeness (QED) is 0.779. The molecular weight excluding hydrogens is 249 g/mol. The largest absolute Gasteiger partial charge is 0.508 e. The van der Waals surface area contributed by atoms with E-state index in [-0.39, 0.29) is 11.8 Å². The molecule has 0 spiro atoms. The molecule has 4 nitrogen and oxygen atoms in total. The summed E-state index contributed by atoms with van der Waals surface area (Å²) < 4.78 is 18.1. The highest BCUT2D eigenvalue weighted by molar-refractivity contribution is 5.34. The molecule has 1 fully saturated rings. The first-order valence-electron chi connectivity index (χ1n) is 6.52. The van der Waals surface area contributed by atoms with E-state index in [1.807, 2.05) is 6.92 Å². The minimum atomic E-state index is -0.762. The maximum Gasteiger partial charge on any atom is 0.126 e. The lowest BCUT2D eigenvalue weighted by Gasteiger charge is -2.33. The lowest BCUT2D eigenvalue weighted by molar-refractivity contribution is -0.0626. The molecule has 1 aliphatic rings. The average Bonchev–Trinajstić information content (AvgIpc) is 2.37. The molecule has 0 radical (unpaired) electrons. The van der Waals surface area contributed by atoms with Gasteiger partial charge in [0.15, 0.2) is 0 Å². The fourth-order valence-corrected chi connectivity index (χ4v) is 2.26. The van der Waals surface area contributed by atoms with E-state index in [1.54, 1.807) is 6.07 Å². The first-order valence-corrected chi connectivity index (χ1v) is 6.52. The Balaban J connectivity index is 1.95. The Morgan fingerprint density at radius 2 is 2.11 bits per heavy atom. The Kier molecular flexibility index (Phi) is 4.39. The molecule has 106 valence electrons. The van der Waals surface area contributed by atoms with E-state index in [9.17, 15) is 14.6 Å². The van der Waals surface area contributed by atoms with Crippen LogP contribution < -0.4 is 5.32 Å². The van der Waals surface area contributed by atoms with Crippen LogP contribution >= 0.6 is 0 Å². The monoisotopic (exact) mass is 269 g/mol. The number of phenolic OH excluding ortho intramolecular Hbond substituents is 1. The van der Waals surface area contributed by atoms with E-state index in [0.29, 0.717) is 38.2 Å². The van der Waals surface area contributed by atoms with Crippen LogP contribution in [0.4, 0.5) is 4.39 Å². The van der Waals surface area contributed by atoms with Gasteiger partial charge in [-0.2, -0.15) is 0 Å². The molecule has 0 bridgehead atoms. The normalized spacial score (nSPS) is 20.2. The maximum absolute atomic E-state index is 12.9. The van der Waals surface area contributed by atoms with Crippen LogP contribution in [0.2, 0.25) is 0 Å². The summed E-state index contributed by atoms with van der Waals surface area (Å²) >= 11 is 0. The second-order valence-electron chi connectivity index (χ2n) is 5.14. The number of aromatic hydroxyl groups is 1. The number of halogens is 1. The highest BCUT2D eigenvalue weighted by Gasteiger charge is 2.30. The van der Waals surface area contributed by atoms with Crippen molar-refractivity contribution >= 4 is 0 Å². The Bertz CT molecular complexity index is 433. The molecule has 1 aromatic carbocycles. The van der Waals surface area contributed by atoms with Crippen molar-refractivity contribution < 1.29 is 19.3 Å². The van der Waals surface area contributed by atoms with Crippen LogP contribution in [0.15, 0.2) is 18.2 Å². The molecule has 1 heterocycles. The molecule has 2 rings (SSSR count). The van der Waals surface area contributed by atoms with E-state index < -0.39 is 11.4 Å². The molecule has 0 amide bonds. The van der Waals surface area contributed by atoms with Gasteiger partial charge < -0.3 is 20.3 Å². The molecule has 0 aromatic heterocycles. The molecule has 5 heteroatoms. The topological polar surface area (TPSA) is 61.7 Å². The zero-order valence-electron chi connectivity index (χ0n) is 11.0. The predicted molar refractivity (Wildman–Crippen MR) is 69.5 cm³/mol. The second-order valence-corrected chi connectivity index (χ2v) is 5.14. The molecule has 1 aromatic rings. The number of benzene rings is 1. The molecule has 3 N–H and O–H groups in total. The maximum atomic E-state index is 12.9. The Labute approximate surface area is 112 Å². The summed E-state index contributed by atoms with van der Waals surface area (Å²) in [5.74, 6) is -0.532. The fourth-order valence-electron chi connectivity index (χ4n) is 2.26. The number of ether oxygens (including phenoxy) is 1.